The molecule has 5 rings (SSSR count). The van der Waals surface area contributed by atoms with Crippen molar-refractivity contribution in [1.29, 1.82) is 0 Å². The predicted octanol–water partition coefficient (Wildman–Crippen LogP) is 4.40. The van der Waals surface area contributed by atoms with Gasteiger partial charge in [0, 0.05) is 40.1 Å². The standard InChI is InChI=1S/C25H24N2O4S/c1-14(2)26-25(29)24-18-12-23(16-8-9-20-21(11-16)31-13-30-20)32-22-7-5-4-6-17(22)27(18)15(3)10-19(24)28/h4-11,14,23H,12-13H2,1-3H3,(H,26,29). The number of amides is 1. The third-order valence-corrected chi connectivity index (χ3v) is 6.99. The van der Waals surface area contributed by atoms with Gasteiger partial charge in [-0.2, -0.15) is 0 Å². The van der Waals surface area contributed by atoms with Crippen LogP contribution in [0.4, 0.5) is 0 Å². The Morgan fingerprint density at radius 2 is 1.91 bits per heavy atom. The van der Waals surface area contributed by atoms with Crippen LogP contribution < -0.4 is 20.2 Å². The molecule has 7 heteroatoms. The zero-order valence-corrected chi connectivity index (χ0v) is 19.0. The lowest BCUT2D eigenvalue weighted by molar-refractivity contribution is 0.0940. The lowest BCUT2D eigenvalue weighted by Crippen LogP contribution is -2.36. The number of carbonyl (C=O) groups is 1. The van der Waals surface area contributed by atoms with Crippen molar-refractivity contribution in [3.63, 3.8) is 0 Å². The smallest absolute Gasteiger partial charge is 0.257 e. The number of aryl methyl sites for hydroxylation is 1. The number of carbonyl (C=O) groups excluding carboxylic acids is 1. The molecular formula is C25H24N2O4S. The first-order valence-corrected chi connectivity index (χ1v) is 11.5. The number of hydrogen-bond donors (Lipinski definition) is 1. The SMILES string of the molecule is Cc1cc(=O)c(C(=O)NC(C)C)c2n1-c1ccccc1SC(c1ccc3c(c1)OCO3)C2. The van der Waals surface area contributed by atoms with E-state index in [0.29, 0.717) is 6.42 Å². The normalized spacial score (nSPS) is 16.3. The first kappa shape index (κ1) is 20.7. The molecule has 1 amide bonds. The molecule has 2 aromatic carbocycles. The molecule has 1 atom stereocenters. The molecule has 1 unspecified atom stereocenters. The molecule has 164 valence electrons. The van der Waals surface area contributed by atoms with E-state index in [1.165, 1.54) is 0 Å². The van der Waals surface area contributed by atoms with Crippen LogP contribution in [0.5, 0.6) is 11.5 Å². The molecule has 0 radical (unpaired) electrons. The number of thioether (sulfide) groups is 1. The Morgan fingerprint density at radius 1 is 1.12 bits per heavy atom. The molecule has 3 aromatic rings. The molecular weight excluding hydrogens is 424 g/mol. The van der Waals surface area contributed by atoms with Crippen molar-refractivity contribution in [2.24, 2.45) is 0 Å². The quantitative estimate of drug-likeness (QED) is 0.643. The van der Waals surface area contributed by atoms with Gasteiger partial charge in [0.15, 0.2) is 16.9 Å². The minimum Gasteiger partial charge on any atom is -0.454 e. The number of para-hydroxylation sites is 1. The highest BCUT2D eigenvalue weighted by molar-refractivity contribution is 7.99. The molecule has 2 aliphatic heterocycles. The summed E-state index contributed by atoms with van der Waals surface area (Å²) in [4.78, 5) is 27.2. The van der Waals surface area contributed by atoms with E-state index >= 15 is 0 Å². The summed E-state index contributed by atoms with van der Waals surface area (Å²) in [6, 6.07) is 15.6. The number of hydrogen-bond acceptors (Lipinski definition) is 5. The summed E-state index contributed by atoms with van der Waals surface area (Å²) in [6.45, 7) is 5.92. The van der Waals surface area contributed by atoms with E-state index in [2.05, 4.69) is 16.0 Å². The van der Waals surface area contributed by atoms with Gasteiger partial charge in [-0.05, 0) is 50.6 Å². The van der Waals surface area contributed by atoms with Gasteiger partial charge < -0.3 is 19.4 Å². The van der Waals surface area contributed by atoms with Crippen molar-refractivity contribution in [3.05, 3.63) is 81.3 Å². The number of fused-ring (bicyclic) bond motifs is 4. The Bertz CT molecular complexity index is 1280. The average molecular weight is 449 g/mol. The van der Waals surface area contributed by atoms with Crippen molar-refractivity contribution in [1.82, 2.24) is 9.88 Å². The zero-order chi connectivity index (χ0) is 22.4. The second-order valence-corrected chi connectivity index (χ2v) is 9.57. The van der Waals surface area contributed by atoms with Crippen LogP contribution in [0.3, 0.4) is 0 Å². The number of aromatic nitrogens is 1. The van der Waals surface area contributed by atoms with Crippen molar-refractivity contribution >= 4 is 17.7 Å². The summed E-state index contributed by atoms with van der Waals surface area (Å²) in [5, 5.41) is 2.90. The Hall–Kier alpha value is -3.19. The first-order valence-electron chi connectivity index (χ1n) is 10.6. The van der Waals surface area contributed by atoms with Gasteiger partial charge in [0.1, 0.15) is 5.56 Å². The third-order valence-electron chi connectivity index (χ3n) is 5.67. The minimum absolute atomic E-state index is 0.00815. The number of benzene rings is 2. The van der Waals surface area contributed by atoms with Gasteiger partial charge >= 0.3 is 0 Å². The van der Waals surface area contributed by atoms with Gasteiger partial charge in [0.2, 0.25) is 6.79 Å². The third kappa shape index (κ3) is 3.56. The van der Waals surface area contributed by atoms with E-state index in [1.807, 2.05) is 57.2 Å². The maximum atomic E-state index is 13.1. The second-order valence-electron chi connectivity index (χ2n) is 8.33. The van der Waals surface area contributed by atoms with E-state index in [-0.39, 0.29) is 35.0 Å². The average Bonchev–Trinajstić information content (AvgIpc) is 3.14. The number of ether oxygens (including phenoxy) is 2. The fourth-order valence-corrected chi connectivity index (χ4v) is 5.58. The molecule has 0 saturated carbocycles. The molecule has 0 saturated heterocycles. The summed E-state index contributed by atoms with van der Waals surface area (Å²) in [5.41, 5.74) is 3.55. The van der Waals surface area contributed by atoms with Crippen LogP contribution in [0.15, 0.2) is 58.2 Å². The highest BCUT2D eigenvalue weighted by atomic mass is 32.2. The predicted molar refractivity (Wildman–Crippen MR) is 124 cm³/mol. The first-order chi connectivity index (χ1) is 15.4. The Morgan fingerprint density at radius 3 is 2.72 bits per heavy atom. The van der Waals surface area contributed by atoms with Crippen LogP contribution >= 0.6 is 11.8 Å². The van der Waals surface area contributed by atoms with E-state index in [1.54, 1.807) is 17.8 Å². The molecule has 0 aliphatic carbocycles. The minimum atomic E-state index is -0.331. The van der Waals surface area contributed by atoms with Crippen LogP contribution in [0.1, 0.15) is 46.4 Å². The fourth-order valence-electron chi connectivity index (χ4n) is 4.31. The zero-order valence-electron chi connectivity index (χ0n) is 18.2. The van der Waals surface area contributed by atoms with E-state index in [0.717, 1.165) is 39.0 Å². The number of nitrogens with one attached hydrogen (secondary N) is 1. The Kier molecular flexibility index (Phi) is 5.21. The number of rotatable bonds is 3. The maximum Gasteiger partial charge on any atom is 0.257 e. The van der Waals surface area contributed by atoms with Crippen molar-refractivity contribution in [3.8, 4) is 17.2 Å². The second kappa shape index (κ2) is 8.06. The van der Waals surface area contributed by atoms with Gasteiger partial charge in [0.05, 0.1) is 5.69 Å². The van der Waals surface area contributed by atoms with Crippen LogP contribution in [-0.2, 0) is 6.42 Å². The molecule has 3 heterocycles. The van der Waals surface area contributed by atoms with Gasteiger partial charge in [-0.1, -0.05) is 18.2 Å². The van der Waals surface area contributed by atoms with Crippen molar-refractivity contribution < 1.29 is 14.3 Å². The summed E-state index contributed by atoms with van der Waals surface area (Å²) >= 11 is 1.73. The van der Waals surface area contributed by atoms with Crippen LogP contribution in [-0.4, -0.2) is 23.3 Å². The van der Waals surface area contributed by atoms with Gasteiger partial charge in [-0.25, -0.2) is 0 Å². The van der Waals surface area contributed by atoms with Crippen LogP contribution in [0.25, 0.3) is 5.69 Å². The summed E-state index contributed by atoms with van der Waals surface area (Å²) in [7, 11) is 0. The van der Waals surface area contributed by atoms with E-state index < -0.39 is 0 Å². The summed E-state index contributed by atoms with van der Waals surface area (Å²) in [5.74, 6) is 1.12. The fraction of sp³-hybridized carbons (Fsp3) is 0.280. The van der Waals surface area contributed by atoms with Gasteiger partial charge in [-0.15, -0.1) is 11.8 Å². The molecule has 0 spiro atoms. The summed E-state index contributed by atoms with van der Waals surface area (Å²) < 4.78 is 13.1. The highest BCUT2D eigenvalue weighted by Crippen LogP contribution is 2.46. The van der Waals surface area contributed by atoms with Crippen LogP contribution in [0, 0.1) is 6.92 Å². The number of pyridine rings is 1. The van der Waals surface area contributed by atoms with Gasteiger partial charge in [-0.3, -0.25) is 9.59 Å². The topological polar surface area (TPSA) is 69.6 Å². The number of nitrogens with zero attached hydrogens (tertiary/aromatic N) is 1. The van der Waals surface area contributed by atoms with E-state index in [4.69, 9.17) is 9.47 Å². The lowest BCUT2D eigenvalue weighted by atomic mass is 10.0. The lowest BCUT2D eigenvalue weighted by Gasteiger charge is -2.20. The maximum absolute atomic E-state index is 13.1. The van der Waals surface area contributed by atoms with Crippen molar-refractivity contribution in [2.45, 2.75) is 43.4 Å². The largest absolute Gasteiger partial charge is 0.454 e. The van der Waals surface area contributed by atoms with E-state index in [9.17, 15) is 9.59 Å². The molecule has 32 heavy (non-hydrogen) atoms. The highest BCUT2D eigenvalue weighted by Gasteiger charge is 2.30. The molecule has 1 aromatic heterocycles. The Balaban J connectivity index is 1.71. The van der Waals surface area contributed by atoms with Crippen LogP contribution in [0.2, 0.25) is 0 Å². The molecule has 6 nitrogen and oxygen atoms in total. The monoisotopic (exact) mass is 448 g/mol. The van der Waals surface area contributed by atoms with Crippen molar-refractivity contribution in [2.75, 3.05) is 6.79 Å². The summed E-state index contributed by atoms with van der Waals surface area (Å²) in [6.07, 6.45) is 0.525. The molecule has 0 bridgehead atoms. The van der Waals surface area contributed by atoms with Gasteiger partial charge in [0.25, 0.3) is 5.91 Å². The molecule has 2 aliphatic rings. The Labute approximate surface area is 190 Å². The molecule has 0 fully saturated rings. The molecule has 1 N–H and O–H groups in total.